The van der Waals surface area contributed by atoms with Crippen LogP contribution >= 0.6 is 11.6 Å². The molecule has 1 aromatic rings. The van der Waals surface area contributed by atoms with Gasteiger partial charge in [0.1, 0.15) is 0 Å². The van der Waals surface area contributed by atoms with Crippen molar-refractivity contribution in [3.05, 3.63) is 29.8 Å². The molecular formula is C13H17ClN4O. The number of nitrogens with zero attached hydrogens (tertiary/aromatic N) is 1. The largest absolute Gasteiger partial charge is 0.326 e. The van der Waals surface area contributed by atoms with Crippen molar-refractivity contribution >= 4 is 28.9 Å². The van der Waals surface area contributed by atoms with Crippen LogP contribution in [0.15, 0.2) is 29.4 Å². The van der Waals surface area contributed by atoms with E-state index in [-0.39, 0.29) is 11.9 Å². The van der Waals surface area contributed by atoms with Gasteiger partial charge in [0.2, 0.25) is 5.91 Å². The number of carbonyl (C=O) groups excluding carboxylic acids is 1. The molecule has 0 bridgehead atoms. The molecule has 0 aliphatic carbocycles. The lowest BCUT2D eigenvalue weighted by Crippen LogP contribution is -2.44. The highest BCUT2D eigenvalue weighted by Gasteiger charge is 2.15. The van der Waals surface area contributed by atoms with E-state index in [2.05, 4.69) is 28.1 Å². The lowest BCUT2D eigenvalue weighted by molar-refractivity contribution is -0.115. The number of alkyl halides is 1. The number of hydrogen-bond donors (Lipinski definition) is 3. The zero-order valence-corrected chi connectivity index (χ0v) is 11.5. The lowest BCUT2D eigenvalue weighted by Gasteiger charge is -2.21. The van der Waals surface area contributed by atoms with Crippen molar-refractivity contribution in [2.24, 2.45) is 5.10 Å². The van der Waals surface area contributed by atoms with Gasteiger partial charge in [-0.1, -0.05) is 12.1 Å². The molecule has 1 aliphatic rings. The van der Waals surface area contributed by atoms with Gasteiger partial charge in [0.15, 0.2) is 0 Å². The molecular weight excluding hydrogens is 264 g/mol. The molecule has 1 heterocycles. The van der Waals surface area contributed by atoms with E-state index < -0.39 is 0 Å². The molecule has 1 aromatic carbocycles. The Labute approximate surface area is 117 Å². The summed E-state index contributed by atoms with van der Waals surface area (Å²) in [5.41, 5.74) is 5.68. The maximum Gasteiger partial charge on any atom is 0.225 e. The number of amides is 1. The molecule has 0 saturated heterocycles. The van der Waals surface area contributed by atoms with Gasteiger partial charge in [0.05, 0.1) is 18.4 Å². The smallest absolute Gasteiger partial charge is 0.225 e. The molecule has 2 rings (SSSR count). The summed E-state index contributed by atoms with van der Waals surface area (Å²) in [6.45, 7) is 2.74. The van der Waals surface area contributed by atoms with E-state index >= 15 is 0 Å². The Bertz CT molecular complexity index is 472. The molecule has 3 N–H and O–H groups in total. The second-order valence-corrected chi connectivity index (χ2v) is 4.70. The topological polar surface area (TPSA) is 65.5 Å². The molecule has 1 unspecified atom stereocenters. The first-order valence-corrected chi connectivity index (χ1v) is 6.74. The number of nitrogens with one attached hydrogen (secondary N) is 3. The van der Waals surface area contributed by atoms with Gasteiger partial charge in [0, 0.05) is 18.0 Å². The second-order valence-electron chi connectivity index (χ2n) is 4.32. The van der Waals surface area contributed by atoms with Gasteiger partial charge >= 0.3 is 0 Å². The van der Waals surface area contributed by atoms with Crippen LogP contribution in [-0.4, -0.2) is 30.2 Å². The predicted octanol–water partition coefficient (Wildman–Crippen LogP) is 1.50. The molecule has 102 valence electrons. The first-order chi connectivity index (χ1) is 9.20. The van der Waals surface area contributed by atoms with Crippen molar-refractivity contribution < 1.29 is 4.79 Å². The first kappa shape index (κ1) is 13.8. The van der Waals surface area contributed by atoms with Gasteiger partial charge in [-0.3, -0.25) is 15.5 Å². The molecule has 19 heavy (non-hydrogen) atoms. The minimum Gasteiger partial charge on any atom is -0.326 e. The number of rotatable bonds is 4. The number of hydrogen-bond acceptors (Lipinski definition) is 4. The standard InChI is InChI=1S/C13H17ClN4O/c1-9-13(18-16-8-15-9)10-2-4-11(5-3-10)17-12(19)6-7-14/h2-5,9,15-16H,6-8H2,1H3,(H,17,19). The van der Waals surface area contributed by atoms with Crippen LogP contribution in [0.3, 0.4) is 0 Å². The lowest BCUT2D eigenvalue weighted by atomic mass is 10.0. The molecule has 0 radical (unpaired) electrons. The Balaban J connectivity index is 2.06. The Kier molecular flexibility index (Phi) is 4.76. The molecule has 0 spiro atoms. The van der Waals surface area contributed by atoms with Crippen LogP contribution < -0.4 is 16.1 Å². The number of benzene rings is 1. The number of anilines is 1. The molecule has 1 aliphatic heterocycles. The molecule has 6 heteroatoms. The Hall–Kier alpha value is -1.59. The highest BCUT2D eigenvalue weighted by Crippen LogP contribution is 2.13. The molecule has 1 amide bonds. The Morgan fingerprint density at radius 1 is 1.47 bits per heavy atom. The molecule has 1 atom stereocenters. The highest BCUT2D eigenvalue weighted by atomic mass is 35.5. The average molecular weight is 281 g/mol. The van der Waals surface area contributed by atoms with Crippen LogP contribution in [0.5, 0.6) is 0 Å². The normalized spacial score (nSPS) is 18.4. The molecule has 0 saturated carbocycles. The van der Waals surface area contributed by atoms with Gasteiger partial charge in [-0.2, -0.15) is 5.10 Å². The Morgan fingerprint density at radius 3 is 2.84 bits per heavy atom. The van der Waals surface area contributed by atoms with Crippen molar-refractivity contribution in [3.8, 4) is 0 Å². The summed E-state index contributed by atoms with van der Waals surface area (Å²) in [6.07, 6.45) is 0.320. The quantitative estimate of drug-likeness (QED) is 0.732. The summed E-state index contributed by atoms with van der Waals surface area (Å²) in [4.78, 5) is 11.4. The molecule has 0 aromatic heterocycles. The van der Waals surface area contributed by atoms with Crippen molar-refractivity contribution in [2.75, 3.05) is 17.9 Å². The maximum absolute atomic E-state index is 11.4. The summed E-state index contributed by atoms with van der Waals surface area (Å²) in [7, 11) is 0. The van der Waals surface area contributed by atoms with E-state index in [1.54, 1.807) is 0 Å². The molecule has 0 fully saturated rings. The SMILES string of the molecule is CC1NCNN=C1c1ccc(NC(=O)CCCl)cc1. The van der Waals surface area contributed by atoms with Gasteiger partial charge < -0.3 is 5.32 Å². The summed E-state index contributed by atoms with van der Waals surface area (Å²) in [6, 6.07) is 7.83. The number of carbonyl (C=O) groups is 1. The van der Waals surface area contributed by atoms with Crippen molar-refractivity contribution in [2.45, 2.75) is 19.4 Å². The van der Waals surface area contributed by atoms with Crippen molar-refractivity contribution in [1.82, 2.24) is 10.7 Å². The van der Waals surface area contributed by atoms with E-state index in [9.17, 15) is 4.79 Å². The summed E-state index contributed by atoms with van der Waals surface area (Å²) >= 11 is 5.51. The van der Waals surface area contributed by atoms with E-state index in [4.69, 9.17) is 11.6 Å². The fourth-order valence-electron chi connectivity index (χ4n) is 1.87. The second kappa shape index (κ2) is 6.54. The van der Waals surface area contributed by atoms with E-state index in [0.717, 1.165) is 17.0 Å². The van der Waals surface area contributed by atoms with Crippen LogP contribution in [0.1, 0.15) is 18.9 Å². The zero-order valence-electron chi connectivity index (χ0n) is 10.7. The van der Waals surface area contributed by atoms with Gasteiger partial charge in [-0.05, 0) is 24.6 Å². The summed E-state index contributed by atoms with van der Waals surface area (Å²) in [5, 5.41) is 10.4. The first-order valence-electron chi connectivity index (χ1n) is 6.21. The third kappa shape index (κ3) is 3.68. The van der Waals surface area contributed by atoms with Crippen LogP contribution in [0, 0.1) is 0 Å². The number of halogens is 1. The number of hydrazone groups is 1. The minimum absolute atomic E-state index is 0.0746. The van der Waals surface area contributed by atoms with Crippen molar-refractivity contribution in [3.63, 3.8) is 0 Å². The summed E-state index contributed by atoms with van der Waals surface area (Å²) in [5.74, 6) is 0.254. The third-order valence-corrected chi connectivity index (χ3v) is 3.07. The minimum atomic E-state index is -0.0746. The fraction of sp³-hybridized carbons (Fsp3) is 0.385. The van der Waals surface area contributed by atoms with E-state index in [1.165, 1.54) is 0 Å². The van der Waals surface area contributed by atoms with Crippen LogP contribution in [0.2, 0.25) is 0 Å². The van der Waals surface area contributed by atoms with Crippen LogP contribution in [0.4, 0.5) is 5.69 Å². The van der Waals surface area contributed by atoms with Gasteiger partial charge in [0.25, 0.3) is 0 Å². The van der Waals surface area contributed by atoms with Crippen LogP contribution in [0.25, 0.3) is 0 Å². The monoisotopic (exact) mass is 280 g/mol. The highest BCUT2D eigenvalue weighted by molar-refractivity contribution is 6.19. The average Bonchev–Trinajstić information content (AvgIpc) is 2.41. The van der Waals surface area contributed by atoms with Gasteiger partial charge in [-0.15, -0.1) is 11.6 Å². The zero-order chi connectivity index (χ0) is 13.7. The molecule has 5 nitrogen and oxygen atoms in total. The van der Waals surface area contributed by atoms with E-state index in [1.807, 2.05) is 24.3 Å². The Morgan fingerprint density at radius 2 is 2.21 bits per heavy atom. The van der Waals surface area contributed by atoms with Gasteiger partial charge in [-0.25, -0.2) is 0 Å². The van der Waals surface area contributed by atoms with Crippen LogP contribution in [-0.2, 0) is 4.79 Å². The fourth-order valence-corrected chi connectivity index (χ4v) is 2.04. The maximum atomic E-state index is 11.4. The summed E-state index contributed by atoms with van der Waals surface area (Å²) < 4.78 is 0. The third-order valence-electron chi connectivity index (χ3n) is 2.88. The van der Waals surface area contributed by atoms with E-state index in [0.29, 0.717) is 19.0 Å². The van der Waals surface area contributed by atoms with Crippen molar-refractivity contribution in [1.29, 1.82) is 0 Å². The predicted molar refractivity (Wildman–Crippen MR) is 77.5 cm³/mol.